The normalized spacial score (nSPS) is 22.2. The van der Waals surface area contributed by atoms with Gasteiger partial charge in [0.1, 0.15) is 4.34 Å². The summed E-state index contributed by atoms with van der Waals surface area (Å²) in [5, 5.41) is 3.35. The van der Waals surface area contributed by atoms with E-state index < -0.39 is 0 Å². The first-order chi connectivity index (χ1) is 5.31. The van der Waals surface area contributed by atoms with Gasteiger partial charge in [-0.05, 0) is 13.2 Å². The van der Waals surface area contributed by atoms with Crippen LogP contribution >= 0.6 is 23.1 Å². The van der Waals surface area contributed by atoms with Crippen molar-refractivity contribution < 1.29 is 0 Å². The van der Waals surface area contributed by atoms with E-state index in [1.807, 2.05) is 11.3 Å². The van der Waals surface area contributed by atoms with Gasteiger partial charge in [0.25, 0.3) is 0 Å². The molecule has 1 unspecified atom stereocenters. The van der Waals surface area contributed by atoms with Gasteiger partial charge in [0, 0.05) is 17.5 Å². The van der Waals surface area contributed by atoms with E-state index >= 15 is 0 Å². The topological polar surface area (TPSA) is 24.9 Å². The van der Waals surface area contributed by atoms with Crippen LogP contribution in [0.3, 0.4) is 0 Å². The molecule has 11 heavy (non-hydrogen) atoms. The highest BCUT2D eigenvalue weighted by Crippen LogP contribution is 2.33. The molecule has 0 aliphatic carbocycles. The lowest BCUT2D eigenvalue weighted by Gasteiger charge is -1.99. The Bertz CT molecular complexity index is 269. The highest BCUT2D eigenvalue weighted by molar-refractivity contribution is 8.00. The number of aromatic nitrogens is 1. The van der Waals surface area contributed by atoms with E-state index in [2.05, 4.69) is 23.5 Å². The number of rotatable bonds is 1. The van der Waals surface area contributed by atoms with Gasteiger partial charge in [-0.15, -0.1) is 11.3 Å². The Morgan fingerprint density at radius 1 is 1.73 bits per heavy atom. The molecule has 1 aliphatic heterocycles. The zero-order valence-corrected chi connectivity index (χ0v) is 8.18. The minimum absolute atomic E-state index is 0.517. The number of nitrogens with one attached hydrogen (secondary N) is 1. The fraction of sp³-hybridized carbons (Fsp3) is 0.571. The fourth-order valence-electron chi connectivity index (χ4n) is 1.24. The number of hydrogen-bond donors (Lipinski definition) is 1. The second kappa shape index (κ2) is 2.77. The Kier molecular flexibility index (Phi) is 1.91. The molecule has 1 aliphatic rings. The molecule has 60 valence electrons. The van der Waals surface area contributed by atoms with Crippen LogP contribution in [0, 0.1) is 0 Å². The van der Waals surface area contributed by atoms with E-state index in [4.69, 9.17) is 0 Å². The standard InChI is InChI=1S/C7H10N2S2/c1-4-6-5(3-8-4)9-7(10-2)11-6/h4,8H,3H2,1-2H3. The number of nitrogens with zero attached hydrogens (tertiary/aromatic N) is 1. The number of hydrogen-bond acceptors (Lipinski definition) is 4. The van der Waals surface area contributed by atoms with Crippen LogP contribution in [0.1, 0.15) is 23.5 Å². The Labute approximate surface area is 74.4 Å². The summed E-state index contributed by atoms with van der Waals surface area (Å²) in [6.45, 7) is 3.14. The third kappa shape index (κ3) is 1.19. The van der Waals surface area contributed by atoms with Gasteiger partial charge in [0.05, 0.1) is 5.69 Å². The van der Waals surface area contributed by atoms with Gasteiger partial charge in [-0.3, -0.25) is 0 Å². The molecule has 0 fully saturated rings. The molecular formula is C7H10N2S2. The van der Waals surface area contributed by atoms with Gasteiger partial charge in [-0.1, -0.05) is 11.8 Å². The first-order valence-corrected chi connectivity index (χ1v) is 5.62. The Hall–Kier alpha value is -0.0600. The lowest BCUT2D eigenvalue weighted by Crippen LogP contribution is -2.07. The summed E-state index contributed by atoms with van der Waals surface area (Å²) in [6, 6.07) is 0.517. The van der Waals surface area contributed by atoms with Crippen LogP contribution in [-0.2, 0) is 6.54 Å². The minimum Gasteiger partial charge on any atom is -0.304 e. The van der Waals surface area contributed by atoms with Crippen molar-refractivity contribution in [2.75, 3.05) is 6.26 Å². The largest absolute Gasteiger partial charge is 0.304 e. The van der Waals surface area contributed by atoms with Crippen molar-refractivity contribution >= 4 is 23.1 Å². The summed E-state index contributed by atoms with van der Waals surface area (Å²) in [6.07, 6.45) is 2.08. The predicted molar refractivity (Wildman–Crippen MR) is 49.1 cm³/mol. The summed E-state index contributed by atoms with van der Waals surface area (Å²) in [5.41, 5.74) is 1.26. The summed E-state index contributed by atoms with van der Waals surface area (Å²) in [7, 11) is 0. The second-order valence-corrected chi connectivity index (χ2v) is 4.68. The molecule has 4 heteroatoms. The van der Waals surface area contributed by atoms with E-state index in [0.717, 1.165) is 6.54 Å². The molecule has 2 heterocycles. The van der Waals surface area contributed by atoms with Crippen molar-refractivity contribution in [1.29, 1.82) is 0 Å². The molecule has 1 aromatic heterocycles. The van der Waals surface area contributed by atoms with E-state index in [1.165, 1.54) is 14.9 Å². The van der Waals surface area contributed by atoms with Crippen LogP contribution in [-0.4, -0.2) is 11.2 Å². The van der Waals surface area contributed by atoms with Crippen molar-refractivity contribution in [1.82, 2.24) is 10.3 Å². The highest BCUT2D eigenvalue weighted by atomic mass is 32.2. The van der Waals surface area contributed by atoms with Gasteiger partial charge in [-0.2, -0.15) is 0 Å². The van der Waals surface area contributed by atoms with E-state index in [9.17, 15) is 0 Å². The quantitative estimate of drug-likeness (QED) is 0.679. The SMILES string of the molecule is CSc1nc2c(s1)C(C)NC2. The van der Waals surface area contributed by atoms with Crippen LogP contribution in [0.4, 0.5) is 0 Å². The van der Waals surface area contributed by atoms with Gasteiger partial charge in [0.15, 0.2) is 0 Å². The van der Waals surface area contributed by atoms with Crippen LogP contribution in [0.25, 0.3) is 0 Å². The van der Waals surface area contributed by atoms with E-state index in [0.29, 0.717) is 6.04 Å². The van der Waals surface area contributed by atoms with Gasteiger partial charge in [0.2, 0.25) is 0 Å². The molecule has 0 bridgehead atoms. The monoisotopic (exact) mass is 186 g/mol. The van der Waals surface area contributed by atoms with E-state index in [1.54, 1.807) is 11.8 Å². The van der Waals surface area contributed by atoms with Crippen LogP contribution in [0.15, 0.2) is 4.34 Å². The van der Waals surface area contributed by atoms with Crippen molar-refractivity contribution in [2.24, 2.45) is 0 Å². The maximum atomic E-state index is 4.48. The lowest BCUT2D eigenvalue weighted by atomic mass is 10.3. The van der Waals surface area contributed by atoms with Crippen molar-refractivity contribution in [3.05, 3.63) is 10.6 Å². The Balaban J connectivity index is 2.38. The maximum absolute atomic E-state index is 4.48. The van der Waals surface area contributed by atoms with Gasteiger partial charge in [-0.25, -0.2) is 4.98 Å². The minimum atomic E-state index is 0.517. The van der Waals surface area contributed by atoms with Crippen molar-refractivity contribution in [2.45, 2.75) is 23.8 Å². The summed E-state index contributed by atoms with van der Waals surface area (Å²) < 4.78 is 1.20. The number of fused-ring (bicyclic) bond motifs is 1. The fourth-order valence-corrected chi connectivity index (χ4v) is 2.88. The smallest absolute Gasteiger partial charge is 0.150 e. The third-order valence-corrected chi connectivity index (χ3v) is 4.12. The van der Waals surface area contributed by atoms with E-state index in [-0.39, 0.29) is 0 Å². The first kappa shape index (κ1) is 7.58. The zero-order valence-electron chi connectivity index (χ0n) is 6.55. The Morgan fingerprint density at radius 3 is 3.18 bits per heavy atom. The number of thiazole rings is 1. The maximum Gasteiger partial charge on any atom is 0.150 e. The third-order valence-electron chi connectivity index (χ3n) is 1.85. The Morgan fingerprint density at radius 2 is 2.55 bits per heavy atom. The van der Waals surface area contributed by atoms with Crippen LogP contribution < -0.4 is 5.32 Å². The molecule has 1 atom stereocenters. The number of thioether (sulfide) groups is 1. The average Bonchev–Trinajstić information content (AvgIpc) is 2.53. The molecular weight excluding hydrogens is 176 g/mol. The molecule has 0 aromatic carbocycles. The van der Waals surface area contributed by atoms with Crippen molar-refractivity contribution in [3.63, 3.8) is 0 Å². The van der Waals surface area contributed by atoms with Crippen LogP contribution in [0.2, 0.25) is 0 Å². The molecule has 0 saturated carbocycles. The molecule has 0 radical (unpaired) electrons. The molecule has 0 saturated heterocycles. The predicted octanol–water partition coefficient (Wildman–Crippen LogP) is 2.03. The molecule has 2 rings (SSSR count). The van der Waals surface area contributed by atoms with Crippen LogP contribution in [0.5, 0.6) is 0 Å². The highest BCUT2D eigenvalue weighted by Gasteiger charge is 2.22. The molecule has 1 aromatic rings. The zero-order chi connectivity index (χ0) is 7.84. The van der Waals surface area contributed by atoms with Crippen molar-refractivity contribution in [3.8, 4) is 0 Å². The first-order valence-electron chi connectivity index (χ1n) is 3.58. The summed E-state index contributed by atoms with van der Waals surface area (Å²) in [4.78, 5) is 5.90. The summed E-state index contributed by atoms with van der Waals surface area (Å²) in [5.74, 6) is 0. The van der Waals surface area contributed by atoms with Gasteiger partial charge >= 0.3 is 0 Å². The summed E-state index contributed by atoms with van der Waals surface area (Å²) >= 11 is 3.55. The molecule has 0 spiro atoms. The lowest BCUT2D eigenvalue weighted by molar-refractivity contribution is 0.634. The average molecular weight is 186 g/mol. The second-order valence-electron chi connectivity index (χ2n) is 2.60. The molecule has 0 amide bonds. The van der Waals surface area contributed by atoms with Gasteiger partial charge < -0.3 is 5.32 Å². The molecule has 1 N–H and O–H groups in total. The molecule has 2 nitrogen and oxygen atoms in total.